The zero-order valence-corrected chi connectivity index (χ0v) is 14.2. The molecule has 2 aromatic carbocycles. The summed E-state index contributed by atoms with van der Waals surface area (Å²) in [7, 11) is 1.65. The van der Waals surface area contributed by atoms with Gasteiger partial charge in [0.2, 0.25) is 0 Å². The number of Topliss-reactive ketones (excluding diaryl/α,β-unsaturated/α-hetero) is 1. The summed E-state index contributed by atoms with van der Waals surface area (Å²) in [6.07, 6.45) is 0.566. The third-order valence-corrected chi connectivity index (χ3v) is 4.57. The molecule has 0 fully saturated rings. The number of nitrogens with zero attached hydrogens (tertiary/aromatic N) is 2. The van der Waals surface area contributed by atoms with Gasteiger partial charge in [0.05, 0.1) is 24.7 Å². The first-order chi connectivity index (χ1) is 12.1. The van der Waals surface area contributed by atoms with Crippen molar-refractivity contribution in [1.82, 2.24) is 9.97 Å². The lowest BCUT2D eigenvalue weighted by atomic mass is 9.91. The Morgan fingerprint density at radius 1 is 1.12 bits per heavy atom. The summed E-state index contributed by atoms with van der Waals surface area (Å²) in [5.41, 5.74) is 4.94. The molecule has 1 aromatic heterocycles. The lowest BCUT2D eigenvalue weighted by molar-refractivity contribution is -0.118. The number of fused-ring (bicyclic) bond motifs is 1. The molecule has 5 heteroatoms. The van der Waals surface area contributed by atoms with Gasteiger partial charge in [0.1, 0.15) is 11.6 Å². The molecule has 3 aromatic rings. The molecule has 1 atom stereocenters. The summed E-state index contributed by atoms with van der Waals surface area (Å²) in [6, 6.07) is 13.9. The van der Waals surface area contributed by atoms with Crippen molar-refractivity contribution in [2.24, 2.45) is 10.9 Å². The summed E-state index contributed by atoms with van der Waals surface area (Å²) >= 11 is 0. The minimum atomic E-state index is 0.155. The maximum atomic E-state index is 11.5. The number of aromatic nitrogens is 2. The topological polar surface area (TPSA) is 67.3 Å². The SMILES string of the molecule is COc1ccc(-c2nc3ccc(C4=NCC(=O)CC4C)cc3[nH]2)cc1. The molecule has 0 saturated carbocycles. The summed E-state index contributed by atoms with van der Waals surface area (Å²) in [5.74, 6) is 2.01. The fourth-order valence-electron chi connectivity index (χ4n) is 3.26. The van der Waals surface area contributed by atoms with E-state index < -0.39 is 0 Å². The Kier molecular flexibility index (Phi) is 3.84. The molecule has 1 aliphatic rings. The summed E-state index contributed by atoms with van der Waals surface area (Å²) in [4.78, 5) is 24.1. The van der Waals surface area contributed by atoms with Gasteiger partial charge in [0, 0.05) is 23.6 Å². The molecule has 1 aliphatic heterocycles. The van der Waals surface area contributed by atoms with Gasteiger partial charge in [-0.3, -0.25) is 9.79 Å². The van der Waals surface area contributed by atoms with Crippen LogP contribution in [0, 0.1) is 5.92 Å². The molecule has 0 amide bonds. The van der Waals surface area contributed by atoms with Crippen molar-refractivity contribution in [2.45, 2.75) is 13.3 Å². The Morgan fingerprint density at radius 3 is 2.60 bits per heavy atom. The van der Waals surface area contributed by atoms with Crippen LogP contribution in [0.5, 0.6) is 5.75 Å². The second-order valence-electron chi connectivity index (χ2n) is 6.39. The zero-order chi connectivity index (χ0) is 17.4. The maximum absolute atomic E-state index is 11.5. The van der Waals surface area contributed by atoms with E-state index in [4.69, 9.17) is 4.74 Å². The van der Waals surface area contributed by atoms with Crippen molar-refractivity contribution in [3.8, 4) is 17.1 Å². The summed E-state index contributed by atoms with van der Waals surface area (Å²) in [5, 5.41) is 0. The van der Waals surface area contributed by atoms with Crippen LogP contribution in [0.4, 0.5) is 0 Å². The van der Waals surface area contributed by atoms with Crippen molar-refractivity contribution < 1.29 is 9.53 Å². The smallest absolute Gasteiger partial charge is 0.154 e. The first-order valence-electron chi connectivity index (χ1n) is 8.34. The number of methoxy groups -OCH3 is 1. The number of imidazole rings is 1. The Labute approximate surface area is 145 Å². The first kappa shape index (κ1) is 15.6. The number of benzene rings is 2. The molecular weight excluding hydrogens is 314 g/mol. The minimum absolute atomic E-state index is 0.155. The predicted octanol–water partition coefficient (Wildman–Crippen LogP) is 3.64. The van der Waals surface area contributed by atoms with E-state index in [9.17, 15) is 4.79 Å². The molecule has 1 unspecified atom stereocenters. The lowest BCUT2D eigenvalue weighted by Gasteiger charge is -2.18. The van der Waals surface area contributed by atoms with E-state index >= 15 is 0 Å². The third kappa shape index (κ3) is 2.93. The van der Waals surface area contributed by atoms with E-state index in [0.29, 0.717) is 6.42 Å². The van der Waals surface area contributed by atoms with Crippen LogP contribution in [0.3, 0.4) is 0 Å². The van der Waals surface area contributed by atoms with Crippen LogP contribution in [0.2, 0.25) is 0 Å². The second-order valence-corrected chi connectivity index (χ2v) is 6.39. The molecule has 1 N–H and O–H groups in total. The Bertz CT molecular complexity index is 970. The normalized spacial score (nSPS) is 17.6. The standard InChI is InChI=1S/C20H19N3O2/c1-12-9-15(24)11-21-19(12)14-5-8-17-18(10-14)23-20(22-17)13-3-6-16(25-2)7-4-13/h3-8,10,12H,9,11H2,1-2H3,(H,22,23). The number of H-pyrrole nitrogens is 1. The monoisotopic (exact) mass is 333 g/mol. The fourth-order valence-corrected chi connectivity index (χ4v) is 3.26. The number of nitrogens with one attached hydrogen (secondary N) is 1. The first-order valence-corrected chi connectivity index (χ1v) is 8.34. The number of hydrogen-bond acceptors (Lipinski definition) is 4. The van der Waals surface area contributed by atoms with Gasteiger partial charge in [-0.05, 0) is 42.0 Å². The van der Waals surface area contributed by atoms with Crippen molar-refractivity contribution in [3.63, 3.8) is 0 Å². The zero-order valence-electron chi connectivity index (χ0n) is 14.2. The van der Waals surface area contributed by atoms with E-state index in [-0.39, 0.29) is 18.2 Å². The molecule has 5 nitrogen and oxygen atoms in total. The van der Waals surface area contributed by atoms with Crippen molar-refractivity contribution in [2.75, 3.05) is 13.7 Å². The van der Waals surface area contributed by atoms with Crippen LogP contribution in [0.1, 0.15) is 18.9 Å². The average Bonchev–Trinajstić information content (AvgIpc) is 3.05. The highest BCUT2D eigenvalue weighted by Gasteiger charge is 2.21. The average molecular weight is 333 g/mol. The largest absolute Gasteiger partial charge is 0.497 e. The minimum Gasteiger partial charge on any atom is -0.497 e. The van der Waals surface area contributed by atoms with Gasteiger partial charge in [-0.1, -0.05) is 13.0 Å². The van der Waals surface area contributed by atoms with Crippen molar-refractivity contribution in [3.05, 3.63) is 48.0 Å². The summed E-state index contributed by atoms with van der Waals surface area (Å²) < 4.78 is 5.20. The second kappa shape index (κ2) is 6.16. The number of carbonyl (C=O) groups is 1. The van der Waals surface area contributed by atoms with Crippen LogP contribution in [0.25, 0.3) is 22.4 Å². The molecule has 0 spiro atoms. The van der Waals surface area contributed by atoms with Gasteiger partial charge in [0.25, 0.3) is 0 Å². The predicted molar refractivity (Wildman–Crippen MR) is 98.3 cm³/mol. The van der Waals surface area contributed by atoms with Crippen LogP contribution in [0.15, 0.2) is 47.5 Å². The van der Waals surface area contributed by atoms with Crippen LogP contribution in [-0.4, -0.2) is 35.1 Å². The van der Waals surface area contributed by atoms with E-state index in [1.54, 1.807) is 7.11 Å². The lowest BCUT2D eigenvalue weighted by Crippen LogP contribution is -2.24. The molecule has 0 radical (unpaired) electrons. The third-order valence-electron chi connectivity index (χ3n) is 4.57. The highest BCUT2D eigenvalue weighted by molar-refractivity contribution is 6.08. The van der Waals surface area contributed by atoms with Crippen LogP contribution < -0.4 is 4.74 Å². The van der Waals surface area contributed by atoms with E-state index in [1.165, 1.54) is 0 Å². The van der Waals surface area contributed by atoms with Gasteiger partial charge in [-0.15, -0.1) is 0 Å². The molecule has 0 saturated heterocycles. The van der Waals surface area contributed by atoms with Crippen LogP contribution in [-0.2, 0) is 4.79 Å². The number of aromatic amines is 1. The van der Waals surface area contributed by atoms with E-state index in [1.807, 2.05) is 36.4 Å². The Hall–Kier alpha value is -2.95. The van der Waals surface area contributed by atoms with Gasteiger partial charge in [-0.2, -0.15) is 0 Å². The number of carbonyl (C=O) groups excluding carboxylic acids is 1. The van der Waals surface area contributed by atoms with E-state index in [2.05, 4.69) is 28.0 Å². The molecule has 2 heterocycles. The molecule has 0 aliphatic carbocycles. The van der Waals surface area contributed by atoms with E-state index in [0.717, 1.165) is 39.4 Å². The number of ketones is 1. The van der Waals surface area contributed by atoms with Gasteiger partial charge in [0.15, 0.2) is 5.78 Å². The van der Waals surface area contributed by atoms with Gasteiger partial charge < -0.3 is 9.72 Å². The number of ether oxygens (including phenoxy) is 1. The van der Waals surface area contributed by atoms with Crippen molar-refractivity contribution >= 4 is 22.5 Å². The maximum Gasteiger partial charge on any atom is 0.154 e. The quantitative estimate of drug-likeness (QED) is 0.796. The molecule has 25 heavy (non-hydrogen) atoms. The fraction of sp³-hybridized carbons (Fsp3) is 0.250. The number of hydrogen-bond donors (Lipinski definition) is 1. The van der Waals surface area contributed by atoms with Crippen LogP contribution >= 0.6 is 0 Å². The molecular formula is C20H19N3O2. The molecule has 126 valence electrons. The van der Waals surface area contributed by atoms with Crippen molar-refractivity contribution in [1.29, 1.82) is 0 Å². The summed E-state index contributed by atoms with van der Waals surface area (Å²) in [6.45, 7) is 2.34. The Balaban J connectivity index is 1.70. The highest BCUT2D eigenvalue weighted by Crippen LogP contribution is 2.25. The van der Waals surface area contributed by atoms with Gasteiger partial charge >= 0.3 is 0 Å². The van der Waals surface area contributed by atoms with Gasteiger partial charge in [-0.25, -0.2) is 4.98 Å². The highest BCUT2D eigenvalue weighted by atomic mass is 16.5. The molecule has 4 rings (SSSR count). The Morgan fingerprint density at radius 2 is 1.88 bits per heavy atom. The molecule has 0 bridgehead atoms. The number of aliphatic imine (C=N–C) groups is 1. The number of rotatable bonds is 3.